The normalized spacial score (nSPS) is 21.6. The van der Waals surface area contributed by atoms with Crippen molar-refractivity contribution in [1.29, 1.82) is 5.26 Å². The van der Waals surface area contributed by atoms with Gasteiger partial charge >= 0.3 is 0 Å². The molecule has 0 saturated carbocycles. The lowest BCUT2D eigenvalue weighted by Gasteiger charge is -2.27. The Morgan fingerprint density at radius 3 is 2.57 bits per heavy atom. The van der Waals surface area contributed by atoms with Crippen LogP contribution < -0.4 is 5.01 Å². The van der Waals surface area contributed by atoms with Crippen molar-refractivity contribution in [2.45, 2.75) is 12.3 Å². The van der Waals surface area contributed by atoms with E-state index in [1.165, 1.54) is 12.1 Å². The van der Waals surface area contributed by atoms with Crippen molar-refractivity contribution in [3.05, 3.63) is 54.6 Å². The number of rotatable bonds is 4. The molecule has 1 aliphatic rings. The number of pyridine rings is 2. The predicted octanol–water partition coefficient (Wildman–Crippen LogP) is 1.50. The van der Waals surface area contributed by atoms with Crippen LogP contribution in [0.2, 0.25) is 0 Å². The number of hydrogen-bond donors (Lipinski definition) is 1. The number of anilines is 1. The number of nitriles is 1. The summed E-state index contributed by atoms with van der Waals surface area (Å²) in [4.78, 5) is 8.09. The molecule has 3 heterocycles. The van der Waals surface area contributed by atoms with Gasteiger partial charge in [-0.2, -0.15) is 10.4 Å². The summed E-state index contributed by atoms with van der Waals surface area (Å²) in [6.07, 6.45) is 4.96. The standard InChI is InChI=1S/C16H15N5O2/c1-23-15(11-4-2-6-18-9-11)14-13(8-17)20-21(16(14)22)12-5-3-7-19-10-12/h2-7,9-10,14-16,22H,1H3. The van der Waals surface area contributed by atoms with Crippen LogP contribution in [0.1, 0.15) is 11.7 Å². The van der Waals surface area contributed by atoms with Gasteiger partial charge in [0.1, 0.15) is 11.8 Å². The molecule has 0 fully saturated rings. The van der Waals surface area contributed by atoms with Gasteiger partial charge in [0.25, 0.3) is 0 Å². The Balaban J connectivity index is 1.96. The summed E-state index contributed by atoms with van der Waals surface area (Å²) in [5, 5.41) is 25.7. The fourth-order valence-corrected chi connectivity index (χ4v) is 2.67. The summed E-state index contributed by atoms with van der Waals surface area (Å²) in [5.74, 6) is -0.616. The van der Waals surface area contributed by atoms with Gasteiger partial charge in [0.05, 0.1) is 23.9 Å². The lowest BCUT2D eigenvalue weighted by molar-refractivity contribution is 0.0204. The second kappa shape index (κ2) is 6.52. The zero-order valence-corrected chi connectivity index (χ0v) is 12.4. The highest BCUT2D eigenvalue weighted by Crippen LogP contribution is 2.36. The fourth-order valence-electron chi connectivity index (χ4n) is 2.67. The summed E-state index contributed by atoms with van der Waals surface area (Å²) in [6, 6.07) is 9.19. The van der Waals surface area contributed by atoms with E-state index in [0.29, 0.717) is 5.69 Å². The van der Waals surface area contributed by atoms with Crippen LogP contribution in [0.4, 0.5) is 5.69 Å². The Morgan fingerprint density at radius 2 is 2.00 bits per heavy atom. The third-order valence-electron chi connectivity index (χ3n) is 3.72. The van der Waals surface area contributed by atoms with E-state index in [2.05, 4.69) is 21.1 Å². The molecule has 3 rings (SSSR count). The number of hydrazone groups is 1. The fraction of sp³-hybridized carbons (Fsp3) is 0.250. The number of aliphatic hydroxyl groups excluding tert-OH is 1. The molecular weight excluding hydrogens is 294 g/mol. The molecule has 1 N–H and O–H groups in total. The van der Waals surface area contributed by atoms with E-state index in [9.17, 15) is 10.4 Å². The second-order valence-corrected chi connectivity index (χ2v) is 5.03. The Kier molecular flexibility index (Phi) is 4.28. The molecule has 0 saturated heterocycles. The third-order valence-corrected chi connectivity index (χ3v) is 3.72. The second-order valence-electron chi connectivity index (χ2n) is 5.03. The molecule has 116 valence electrons. The van der Waals surface area contributed by atoms with E-state index in [1.807, 2.05) is 6.07 Å². The quantitative estimate of drug-likeness (QED) is 0.919. The molecule has 1 aliphatic heterocycles. The summed E-state index contributed by atoms with van der Waals surface area (Å²) < 4.78 is 5.53. The van der Waals surface area contributed by atoms with Gasteiger partial charge < -0.3 is 9.84 Å². The lowest BCUT2D eigenvalue weighted by Crippen LogP contribution is -2.37. The molecule has 3 atom stereocenters. The average Bonchev–Trinajstić information content (AvgIpc) is 2.94. The minimum absolute atomic E-state index is 0.206. The molecule has 0 radical (unpaired) electrons. The lowest BCUT2D eigenvalue weighted by atomic mass is 9.91. The molecule has 23 heavy (non-hydrogen) atoms. The number of methoxy groups -OCH3 is 1. The Bertz CT molecular complexity index is 729. The molecule has 0 amide bonds. The SMILES string of the molecule is COC(c1cccnc1)C1C(C#N)=NN(c2cccnc2)C1O. The zero-order valence-electron chi connectivity index (χ0n) is 12.4. The van der Waals surface area contributed by atoms with Crippen molar-refractivity contribution in [3.8, 4) is 6.07 Å². The van der Waals surface area contributed by atoms with E-state index in [1.54, 1.807) is 43.0 Å². The Hall–Kier alpha value is -2.82. The summed E-state index contributed by atoms with van der Waals surface area (Å²) in [7, 11) is 1.53. The smallest absolute Gasteiger partial charge is 0.159 e. The number of ether oxygens (including phenoxy) is 1. The maximum atomic E-state index is 10.7. The van der Waals surface area contributed by atoms with Crippen LogP contribution in [0, 0.1) is 17.2 Å². The van der Waals surface area contributed by atoms with Crippen molar-refractivity contribution in [2.75, 3.05) is 12.1 Å². The maximum absolute atomic E-state index is 10.7. The summed E-state index contributed by atoms with van der Waals surface area (Å²) in [6.45, 7) is 0. The van der Waals surface area contributed by atoms with Crippen LogP contribution in [-0.4, -0.2) is 34.1 Å². The topological polar surface area (TPSA) is 94.6 Å². The van der Waals surface area contributed by atoms with Crippen LogP contribution in [0.25, 0.3) is 0 Å². The number of hydrogen-bond acceptors (Lipinski definition) is 7. The van der Waals surface area contributed by atoms with Crippen LogP contribution in [0.5, 0.6) is 0 Å². The molecule has 0 spiro atoms. The van der Waals surface area contributed by atoms with Crippen molar-refractivity contribution in [3.63, 3.8) is 0 Å². The van der Waals surface area contributed by atoms with Crippen molar-refractivity contribution >= 4 is 11.4 Å². The van der Waals surface area contributed by atoms with Crippen LogP contribution in [-0.2, 0) is 4.74 Å². The summed E-state index contributed by atoms with van der Waals surface area (Å²) >= 11 is 0. The van der Waals surface area contributed by atoms with Gasteiger partial charge in [-0.05, 0) is 23.8 Å². The van der Waals surface area contributed by atoms with Gasteiger partial charge in [-0.3, -0.25) is 9.97 Å². The summed E-state index contributed by atoms with van der Waals surface area (Å²) in [5.41, 5.74) is 1.59. The molecule has 7 heteroatoms. The number of aromatic nitrogens is 2. The van der Waals surface area contributed by atoms with Crippen molar-refractivity contribution in [2.24, 2.45) is 11.0 Å². The average molecular weight is 309 g/mol. The molecule has 2 aromatic rings. The molecule has 0 aliphatic carbocycles. The van der Waals surface area contributed by atoms with Gasteiger partial charge in [0.2, 0.25) is 0 Å². The van der Waals surface area contributed by atoms with Gasteiger partial charge in [-0.15, -0.1) is 0 Å². The molecular formula is C16H15N5O2. The largest absolute Gasteiger partial charge is 0.376 e. The number of nitrogens with zero attached hydrogens (tertiary/aromatic N) is 5. The first-order valence-electron chi connectivity index (χ1n) is 7.05. The minimum atomic E-state index is -1.03. The minimum Gasteiger partial charge on any atom is -0.376 e. The van der Waals surface area contributed by atoms with Crippen LogP contribution in [0.15, 0.2) is 54.2 Å². The van der Waals surface area contributed by atoms with Crippen LogP contribution >= 0.6 is 0 Å². The molecule has 2 aromatic heterocycles. The highest BCUT2D eigenvalue weighted by atomic mass is 16.5. The predicted molar refractivity (Wildman–Crippen MR) is 83.2 cm³/mol. The first kappa shape index (κ1) is 15.1. The van der Waals surface area contributed by atoms with Gasteiger partial charge in [0.15, 0.2) is 6.23 Å². The van der Waals surface area contributed by atoms with E-state index in [-0.39, 0.29) is 5.71 Å². The third kappa shape index (κ3) is 2.77. The van der Waals surface area contributed by atoms with Crippen molar-refractivity contribution < 1.29 is 9.84 Å². The monoisotopic (exact) mass is 309 g/mol. The number of aliphatic hydroxyl groups is 1. The van der Waals surface area contributed by atoms with Crippen molar-refractivity contribution in [1.82, 2.24) is 9.97 Å². The highest BCUT2D eigenvalue weighted by molar-refractivity contribution is 6.03. The van der Waals surface area contributed by atoms with Gasteiger partial charge in [-0.25, -0.2) is 5.01 Å². The first-order chi connectivity index (χ1) is 11.3. The molecule has 7 nitrogen and oxygen atoms in total. The van der Waals surface area contributed by atoms with Gasteiger partial charge in [0, 0.05) is 25.7 Å². The first-order valence-corrected chi connectivity index (χ1v) is 7.05. The maximum Gasteiger partial charge on any atom is 0.159 e. The molecule has 0 bridgehead atoms. The van der Waals surface area contributed by atoms with E-state index >= 15 is 0 Å². The molecule has 3 unspecified atom stereocenters. The van der Waals surface area contributed by atoms with Crippen LogP contribution in [0.3, 0.4) is 0 Å². The molecule has 0 aromatic carbocycles. The van der Waals surface area contributed by atoms with Gasteiger partial charge in [-0.1, -0.05) is 6.07 Å². The van der Waals surface area contributed by atoms with E-state index in [4.69, 9.17) is 4.74 Å². The Labute approximate surface area is 133 Å². The zero-order chi connectivity index (χ0) is 16.2. The highest BCUT2D eigenvalue weighted by Gasteiger charge is 2.43. The Morgan fingerprint density at radius 1 is 1.26 bits per heavy atom. The van der Waals surface area contributed by atoms with E-state index in [0.717, 1.165) is 5.56 Å². The van der Waals surface area contributed by atoms with E-state index < -0.39 is 18.2 Å².